The van der Waals surface area contributed by atoms with Crippen molar-refractivity contribution in [3.05, 3.63) is 82.6 Å². The summed E-state index contributed by atoms with van der Waals surface area (Å²) in [6, 6.07) is 12.9. The van der Waals surface area contributed by atoms with Crippen molar-refractivity contribution in [2.75, 3.05) is 6.61 Å². The van der Waals surface area contributed by atoms with E-state index in [9.17, 15) is 9.59 Å². The SMILES string of the molecule is Cc1cc(C(=O)COC(=O)c2ccc(C(C)(C)C)cc2)c(C)n1Cc1ccco1. The number of ketones is 1. The van der Waals surface area contributed by atoms with Gasteiger partial charge in [-0.1, -0.05) is 32.9 Å². The van der Waals surface area contributed by atoms with Crippen LogP contribution in [-0.2, 0) is 16.7 Å². The highest BCUT2D eigenvalue weighted by atomic mass is 16.5. The van der Waals surface area contributed by atoms with E-state index in [1.165, 1.54) is 0 Å². The number of carbonyl (C=O) groups excluding carboxylic acids is 2. The molecule has 0 aliphatic rings. The largest absolute Gasteiger partial charge is 0.467 e. The fraction of sp³-hybridized carbons (Fsp3) is 0.333. The average Bonchev–Trinajstić information content (AvgIpc) is 3.29. The van der Waals surface area contributed by atoms with Gasteiger partial charge in [0.1, 0.15) is 5.76 Å². The number of rotatable bonds is 6. The van der Waals surface area contributed by atoms with Crippen LogP contribution in [0.1, 0.15) is 64.2 Å². The monoisotopic (exact) mass is 393 g/mol. The van der Waals surface area contributed by atoms with Gasteiger partial charge >= 0.3 is 5.97 Å². The van der Waals surface area contributed by atoms with Gasteiger partial charge in [0.15, 0.2) is 6.61 Å². The number of Topliss-reactive ketones (excluding diaryl/α,β-unsaturated/α-hetero) is 1. The number of aryl methyl sites for hydroxylation is 1. The van der Waals surface area contributed by atoms with Crippen molar-refractivity contribution >= 4 is 11.8 Å². The molecule has 3 rings (SSSR count). The fourth-order valence-corrected chi connectivity index (χ4v) is 3.28. The van der Waals surface area contributed by atoms with Crippen molar-refractivity contribution in [2.45, 2.75) is 46.6 Å². The van der Waals surface area contributed by atoms with E-state index in [2.05, 4.69) is 20.8 Å². The zero-order valence-corrected chi connectivity index (χ0v) is 17.6. The lowest BCUT2D eigenvalue weighted by molar-refractivity contribution is 0.0474. The van der Waals surface area contributed by atoms with Crippen LogP contribution in [0.4, 0.5) is 0 Å². The van der Waals surface area contributed by atoms with E-state index < -0.39 is 5.97 Å². The summed E-state index contributed by atoms with van der Waals surface area (Å²) in [5, 5.41) is 0. The molecule has 5 nitrogen and oxygen atoms in total. The maximum Gasteiger partial charge on any atom is 0.338 e. The Hall–Kier alpha value is -3.08. The Bertz CT molecular complexity index is 1000. The summed E-state index contributed by atoms with van der Waals surface area (Å²) in [6.07, 6.45) is 1.63. The zero-order valence-electron chi connectivity index (χ0n) is 17.6. The predicted molar refractivity (Wildman–Crippen MR) is 111 cm³/mol. The lowest BCUT2D eigenvalue weighted by Gasteiger charge is -2.18. The third-order valence-corrected chi connectivity index (χ3v) is 5.09. The molecule has 0 bridgehead atoms. The van der Waals surface area contributed by atoms with Gasteiger partial charge in [0.25, 0.3) is 0 Å². The van der Waals surface area contributed by atoms with Crippen molar-refractivity contribution < 1.29 is 18.7 Å². The molecule has 0 amide bonds. The molecule has 5 heteroatoms. The van der Waals surface area contributed by atoms with Gasteiger partial charge < -0.3 is 13.7 Å². The Kier molecular flexibility index (Phi) is 5.78. The van der Waals surface area contributed by atoms with Crippen LogP contribution < -0.4 is 0 Å². The van der Waals surface area contributed by atoms with E-state index in [1.54, 1.807) is 18.4 Å². The van der Waals surface area contributed by atoms with E-state index in [4.69, 9.17) is 9.15 Å². The van der Waals surface area contributed by atoms with Crippen molar-refractivity contribution in [2.24, 2.45) is 0 Å². The van der Waals surface area contributed by atoms with Crippen LogP contribution in [0.15, 0.2) is 53.1 Å². The van der Waals surface area contributed by atoms with Crippen molar-refractivity contribution in [1.29, 1.82) is 0 Å². The number of aromatic nitrogens is 1. The summed E-state index contributed by atoms with van der Waals surface area (Å²) in [6.45, 7) is 10.4. The van der Waals surface area contributed by atoms with Crippen LogP contribution in [0.3, 0.4) is 0 Å². The van der Waals surface area contributed by atoms with Crippen LogP contribution >= 0.6 is 0 Å². The lowest BCUT2D eigenvalue weighted by atomic mass is 9.87. The van der Waals surface area contributed by atoms with E-state index in [-0.39, 0.29) is 17.8 Å². The number of hydrogen-bond donors (Lipinski definition) is 0. The quantitative estimate of drug-likeness (QED) is 0.433. The standard InChI is InChI=1S/C24H27NO4/c1-16-13-21(17(2)25(16)14-20-7-6-12-28-20)22(26)15-29-23(27)18-8-10-19(11-9-18)24(3,4)5/h6-13H,14-15H2,1-5H3. The molecular formula is C24H27NO4. The van der Waals surface area contributed by atoms with Crippen molar-refractivity contribution in [3.8, 4) is 0 Å². The Balaban J connectivity index is 1.65. The van der Waals surface area contributed by atoms with Crippen LogP contribution in [-0.4, -0.2) is 22.9 Å². The summed E-state index contributed by atoms with van der Waals surface area (Å²) in [4.78, 5) is 25.0. The minimum atomic E-state index is -0.497. The number of nitrogens with zero attached hydrogens (tertiary/aromatic N) is 1. The highest BCUT2D eigenvalue weighted by molar-refractivity contribution is 6.00. The molecule has 0 unspecified atom stereocenters. The molecule has 0 radical (unpaired) electrons. The second kappa shape index (κ2) is 8.11. The minimum Gasteiger partial charge on any atom is -0.467 e. The van der Waals surface area contributed by atoms with E-state index in [1.807, 2.05) is 48.7 Å². The highest BCUT2D eigenvalue weighted by Gasteiger charge is 2.19. The van der Waals surface area contributed by atoms with Crippen molar-refractivity contribution in [1.82, 2.24) is 4.57 Å². The number of esters is 1. The molecule has 0 N–H and O–H groups in total. The predicted octanol–water partition coefficient (Wildman–Crippen LogP) is 5.08. The molecule has 1 aromatic carbocycles. The van der Waals surface area contributed by atoms with Gasteiger partial charge in [-0.15, -0.1) is 0 Å². The van der Waals surface area contributed by atoms with E-state index in [0.29, 0.717) is 17.7 Å². The molecule has 2 aromatic heterocycles. The van der Waals surface area contributed by atoms with Gasteiger partial charge in [0, 0.05) is 17.0 Å². The Morgan fingerprint density at radius 2 is 1.76 bits per heavy atom. The number of furan rings is 1. The molecule has 0 atom stereocenters. The third-order valence-electron chi connectivity index (χ3n) is 5.09. The first-order valence-corrected chi connectivity index (χ1v) is 9.67. The van der Waals surface area contributed by atoms with Gasteiger partial charge in [0.05, 0.1) is 18.4 Å². The van der Waals surface area contributed by atoms with Crippen LogP contribution in [0.5, 0.6) is 0 Å². The summed E-state index contributed by atoms with van der Waals surface area (Å²) in [5.74, 6) is 0.0996. The Labute approximate surface area is 171 Å². The first-order chi connectivity index (χ1) is 13.7. The van der Waals surface area contributed by atoms with Gasteiger partial charge in [-0.2, -0.15) is 0 Å². The number of ether oxygens (including phenoxy) is 1. The second-order valence-electron chi connectivity index (χ2n) is 8.28. The average molecular weight is 393 g/mol. The molecular weight excluding hydrogens is 366 g/mol. The number of benzene rings is 1. The Morgan fingerprint density at radius 1 is 1.07 bits per heavy atom. The van der Waals surface area contributed by atoms with Crippen LogP contribution in [0.25, 0.3) is 0 Å². The van der Waals surface area contributed by atoms with Gasteiger partial charge in [-0.05, 0) is 55.2 Å². The molecule has 0 saturated carbocycles. The number of carbonyl (C=O) groups is 2. The summed E-state index contributed by atoms with van der Waals surface area (Å²) < 4.78 is 12.7. The maximum absolute atomic E-state index is 12.6. The molecule has 3 aromatic rings. The van der Waals surface area contributed by atoms with E-state index in [0.717, 1.165) is 22.7 Å². The summed E-state index contributed by atoms with van der Waals surface area (Å²) >= 11 is 0. The molecule has 29 heavy (non-hydrogen) atoms. The lowest BCUT2D eigenvalue weighted by Crippen LogP contribution is -2.16. The van der Waals surface area contributed by atoms with Crippen LogP contribution in [0, 0.1) is 13.8 Å². The molecule has 0 fully saturated rings. The van der Waals surface area contributed by atoms with Gasteiger partial charge in [-0.25, -0.2) is 4.79 Å². The van der Waals surface area contributed by atoms with E-state index >= 15 is 0 Å². The van der Waals surface area contributed by atoms with Gasteiger partial charge in [-0.3, -0.25) is 4.79 Å². The second-order valence-corrected chi connectivity index (χ2v) is 8.28. The topological polar surface area (TPSA) is 61.4 Å². The van der Waals surface area contributed by atoms with Gasteiger partial charge in [0.2, 0.25) is 5.78 Å². The first kappa shape index (κ1) is 20.6. The van der Waals surface area contributed by atoms with Crippen molar-refractivity contribution in [3.63, 3.8) is 0 Å². The first-order valence-electron chi connectivity index (χ1n) is 9.67. The highest BCUT2D eigenvalue weighted by Crippen LogP contribution is 2.22. The molecule has 2 heterocycles. The molecule has 0 saturated heterocycles. The molecule has 152 valence electrons. The summed E-state index contributed by atoms with van der Waals surface area (Å²) in [7, 11) is 0. The normalized spacial score (nSPS) is 11.5. The molecule has 0 aliphatic carbocycles. The smallest absolute Gasteiger partial charge is 0.338 e. The summed E-state index contributed by atoms with van der Waals surface area (Å²) in [5.41, 5.74) is 3.92. The maximum atomic E-state index is 12.6. The zero-order chi connectivity index (χ0) is 21.2. The number of hydrogen-bond acceptors (Lipinski definition) is 4. The van der Waals surface area contributed by atoms with Crippen LogP contribution in [0.2, 0.25) is 0 Å². The fourth-order valence-electron chi connectivity index (χ4n) is 3.28. The molecule has 0 spiro atoms. The minimum absolute atomic E-state index is 0.0105. The Morgan fingerprint density at radius 3 is 2.34 bits per heavy atom. The molecule has 0 aliphatic heterocycles. The third kappa shape index (κ3) is 4.67.